The van der Waals surface area contributed by atoms with Crippen LogP contribution >= 0.6 is 32.9 Å². The van der Waals surface area contributed by atoms with Gasteiger partial charge in [0.05, 0.1) is 27.2 Å². The summed E-state index contributed by atoms with van der Waals surface area (Å²) in [6, 6.07) is 21.2. The number of hydrogen-bond acceptors (Lipinski definition) is 6. The number of imide groups is 1. The van der Waals surface area contributed by atoms with Gasteiger partial charge >= 0.3 is 0 Å². The lowest BCUT2D eigenvalue weighted by Crippen LogP contribution is -2.57. The van der Waals surface area contributed by atoms with Crippen LogP contribution < -0.4 is 4.90 Å². The molecule has 4 aromatic rings. The van der Waals surface area contributed by atoms with Crippen molar-refractivity contribution < 1.29 is 14.4 Å². The number of para-hydroxylation sites is 1. The molecule has 3 aromatic carbocycles. The van der Waals surface area contributed by atoms with E-state index in [2.05, 4.69) is 0 Å². The monoisotopic (exact) mass is 556 g/mol. The summed E-state index contributed by atoms with van der Waals surface area (Å²) in [7, 11) is 3.12. The summed E-state index contributed by atoms with van der Waals surface area (Å²) in [6.45, 7) is 6.01. The third-order valence-corrected chi connectivity index (χ3v) is 10.7. The van der Waals surface area contributed by atoms with Gasteiger partial charge in [-0.3, -0.25) is 24.2 Å². The van der Waals surface area contributed by atoms with Crippen LogP contribution in [0.3, 0.4) is 0 Å². The van der Waals surface area contributed by atoms with E-state index in [0.717, 1.165) is 36.6 Å². The van der Waals surface area contributed by atoms with Crippen LogP contribution in [-0.4, -0.2) is 28.7 Å². The summed E-state index contributed by atoms with van der Waals surface area (Å²) in [5, 5.41) is 0. The first kappa shape index (κ1) is 24.9. The number of rotatable bonds is 4. The Morgan fingerprint density at radius 1 is 0.868 bits per heavy atom. The van der Waals surface area contributed by atoms with E-state index in [1.54, 1.807) is 39.5 Å². The van der Waals surface area contributed by atoms with Gasteiger partial charge in [-0.2, -0.15) is 0 Å². The normalized spacial score (nSPS) is 16.2. The molecule has 190 valence electrons. The third kappa shape index (κ3) is 3.62. The molecule has 6 rings (SSSR count). The van der Waals surface area contributed by atoms with Crippen molar-refractivity contribution in [1.29, 1.82) is 0 Å². The summed E-state index contributed by atoms with van der Waals surface area (Å²) in [4.78, 5) is 46.1. The summed E-state index contributed by atoms with van der Waals surface area (Å²) in [6.07, 6.45) is 0.213. The SMILES string of the molecule is Cc1cccc2c1N(C(=O)[C@H](Cc1ccccc1)N1C(=O)c3ccccc3C1=O)C(C)(C)c1ssc(=S)c1-2. The average molecular weight is 557 g/mol. The highest BCUT2D eigenvalue weighted by molar-refractivity contribution is 7.80. The van der Waals surface area contributed by atoms with E-state index >= 15 is 0 Å². The quantitative estimate of drug-likeness (QED) is 0.154. The molecule has 3 heterocycles. The standard InChI is InChI=1S/C30H24N2O3S3/c1-17-10-9-15-21-23-25(37-38-29(23)36)30(2,3)32(24(17)21)28(35)22(16-18-11-5-4-6-12-18)31-26(33)19-13-7-8-14-20(19)27(31)34/h4-15,22H,16H2,1-3H3/t22-/m0/s1. The Hall–Kier alpha value is -3.46. The van der Waals surface area contributed by atoms with Gasteiger partial charge in [0.1, 0.15) is 9.87 Å². The largest absolute Gasteiger partial charge is 0.299 e. The molecule has 8 heteroatoms. The van der Waals surface area contributed by atoms with Crippen molar-refractivity contribution in [3.63, 3.8) is 0 Å². The molecule has 0 aliphatic carbocycles. The molecular formula is C30H24N2O3S3. The molecule has 1 atom stereocenters. The van der Waals surface area contributed by atoms with Gasteiger partial charge in [-0.15, -0.1) is 0 Å². The number of benzene rings is 3. The third-order valence-electron chi connectivity index (χ3n) is 7.39. The second kappa shape index (κ2) is 9.08. The topological polar surface area (TPSA) is 57.7 Å². The smallest absolute Gasteiger partial charge is 0.262 e. The molecular weight excluding hydrogens is 533 g/mol. The van der Waals surface area contributed by atoms with Gasteiger partial charge in [0, 0.05) is 17.5 Å². The number of anilines is 1. The zero-order valence-electron chi connectivity index (χ0n) is 21.1. The van der Waals surface area contributed by atoms with Crippen molar-refractivity contribution in [2.45, 2.75) is 38.8 Å². The molecule has 0 N–H and O–H groups in total. The maximum Gasteiger partial charge on any atom is 0.262 e. The highest BCUT2D eigenvalue weighted by atomic mass is 32.9. The van der Waals surface area contributed by atoms with E-state index in [4.69, 9.17) is 12.2 Å². The van der Waals surface area contributed by atoms with Gasteiger partial charge in [0.15, 0.2) is 0 Å². The zero-order valence-corrected chi connectivity index (χ0v) is 23.5. The van der Waals surface area contributed by atoms with Crippen molar-refractivity contribution in [2.75, 3.05) is 4.90 Å². The molecule has 3 amide bonds. The second-order valence-electron chi connectivity index (χ2n) is 10.1. The van der Waals surface area contributed by atoms with Crippen molar-refractivity contribution >= 4 is 56.3 Å². The predicted octanol–water partition coefficient (Wildman–Crippen LogP) is 7.00. The lowest BCUT2D eigenvalue weighted by molar-refractivity contribution is -0.123. The first-order valence-corrected chi connectivity index (χ1v) is 14.9. The molecule has 0 radical (unpaired) electrons. The second-order valence-corrected chi connectivity index (χ2v) is 12.9. The number of hydrogen-bond donors (Lipinski definition) is 0. The Morgan fingerprint density at radius 3 is 2.13 bits per heavy atom. The van der Waals surface area contributed by atoms with Crippen LogP contribution in [0, 0.1) is 10.7 Å². The van der Waals surface area contributed by atoms with E-state index in [9.17, 15) is 14.4 Å². The Labute approximate surface area is 233 Å². The summed E-state index contributed by atoms with van der Waals surface area (Å²) in [5.74, 6) is -1.17. The highest BCUT2D eigenvalue weighted by Gasteiger charge is 2.49. The molecule has 0 spiro atoms. The van der Waals surface area contributed by atoms with Crippen LogP contribution in [0.15, 0.2) is 72.8 Å². The van der Waals surface area contributed by atoms with Crippen molar-refractivity contribution in [3.8, 4) is 11.1 Å². The average Bonchev–Trinajstić information content (AvgIpc) is 3.42. The van der Waals surface area contributed by atoms with Gasteiger partial charge in [0.2, 0.25) is 0 Å². The summed E-state index contributed by atoms with van der Waals surface area (Å²) >= 11 is 5.72. The van der Waals surface area contributed by atoms with Crippen LogP contribution in [0.5, 0.6) is 0 Å². The minimum atomic E-state index is -1.02. The molecule has 0 fully saturated rings. The van der Waals surface area contributed by atoms with Crippen molar-refractivity contribution in [3.05, 3.63) is 104 Å². The van der Waals surface area contributed by atoms with Gasteiger partial charge in [0.25, 0.3) is 17.7 Å². The summed E-state index contributed by atoms with van der Waals surface area (Å²) < 4.78 is 0.804. The van der Waals surface area contributed by atoms with Crippen LogP contribution in [0.25, 0.3) is 11.1 Å². The van der Waals surface area contributed by atoms with Gasteiger partial charge < -0.3 is 0 Å². The minimum Gasteiger partial charge on any atom is -0.299 e. The van der Waals surface area contributed by atoms with E-state index in [-0.39, 0.29) is 12.3 Å². The Kier molecular flexibility index (Phi) is 5.94. The molecule has 0 unspecified atom stereocenters. The van der Waals surface area contributed by atoms with E-state index in [1.807, 2.05) is 69.3 Å². The molecule has 0 saturated heterocycles. The lowest BCUT2D eigenvalue weighted by atomic mass is 9.85. The van der Waals surface area contributed by atoms with Crippen molar-refractivity contribution in [1.82, 2.24) is 4.90 Å². The van der Waals surface area contributed by atoms with Crippen LogP contribution in [0.2, 0.25) is 0 Å². The number of carbonyl (C=O) groups is 3. The van der Waals surface area contributed by atoms with E-state index < -0.39 is 23.4 Å². The maximum absolute atomic E-state index is 14.8. The number of nitrogens with zero attached hydrogens (tertiary/aromatic N) is 2. The molecule has 0 saturated carbocycles. The number of aryl methyl sites for hydroxylation is 1. The minimum absolute atomic E-state index is 0.213. The van der Waals surface area contributed by atoms with Crippen LogP contribution in [0.1, 0.15) is 50.6 Å². The molecule has 5 nitrogen and oxygen atoms in total. The van der Waals surface area contributed by atoms with Crippen LogP contribution in [0.4, 0.5) is 5.69 Å². The first-order valence-electron chi connectivity index (χ1n) is 12.3. The zero-order chi connectivity index (χ0) is 26.8. The van der Waals surface area contributed by atoms with E-state index in [1.165, 1.54) is 15.2 Å². The number of amides is 3. The van der Waals surface area contributed by atoms with Gasteiger partial charge in [-0.05, 0) is 44.0 Å². The molecule has 38 heavy (non-hydrogen) atoms. The number of carbonyl (C=O) groups excluding carboxylic acids is 3. The number of fused-ring (bicyclic) bond motifs is 4. The highest BCUT2D eigenvalue weighted by Crippen LogP contribution is 2.53. The lowest BCUT2D eigenvalue weighted by Gasteiger charge is -2.45. The van der Waals surface area contributed by atoms with E-state index in [0.29, 0.717) is 11.1 Å². The van der Waals surface area contributed by atoms with Crippen LogP contribution in [-0.2, 0) is 16.8 Å². The first-order chi connectivity index (χ1) is 18.2. The molecule has 2 aliphatic rings. The molecule has 2 aliphatic heterocycles. The Bertz CT molecular complexity index is 1650. The predicted molar refractivity (Wildman–Crippen MR) is 155 cm³/mol. The molecule has 1 aromatic heterocycles. The fourth-order valence-corrected chi connectivity index (χ4v) is 8.87. The fourth-order valence-electron chi connectivity index (χ4n) is 5.59. The van der Waals surface area contributed by atoms with Gasteiger partial charge in [-0.25, -0.2) is 0 Å². The maximum atomic E-state index is 14.8. The Morgan fingerprint density at radius 2 is 1.47 bits per heavy atom. The van der Waals surface area contributed by atoms with Crippen molar-refractivity contribution in [2.24, 2.45) is 0 Å². The molecule has 0 bridgehead atoms. The van der Waals surface area contributed by atoms with Gasteiger partial charge in [-0.1, -0.05) is 93.6 Å². The Balaban J connectivity index is 1.53. The summed E-state index contributed by atoms with van der Waals surface area (Å²) in [5.41, 5.74) is 4.42. The fraction of sp³-hybridized carbons (Fsp3) is 0.200.